The summed E-state index contributed by atoms with van der Waals surface area (Å²) in [5.74, 6) is 0.871. The molecule has 0 saturated carbocycles. The summed E-state index contributed by atoms with van der Waals surface area (Å²) in [5.41, 5.74) is 3.60. The maximum absolute atomic E-state index is 6.36. The number of aromatic nitrogens is 1. The largest absolute Gasteiger partial charge is 0.497 e. The molecule has 3 nitrogen and oxygen atoms in total. The van der Waals surface area contributed by atoms with Crippen molar-refractivity contribution in [1.29, 1.82) is 0 Å². The van der Waals surface area contributed by atoms with Gasteiger partial charge in [0, 0.05) is 37.1 Å². The molecule has 0 amide bonds. The molecule has 0 saturated heterocycles. The van der Waals surface area contributed by atoms with E-state index in [4.69, 9.17) is 16.3 Å². The molecule has 2 aromatic carbocycles. The molecular formula is C21H21ClN2O. The van der Waals surface area contributed by atoms with Gasteiger partial charge >= 0.3 is 0 Å². The average molecular weight is 353 g/mol. The second-order valence-corrected chi connectivity index (χ2v) is 6.35. The van der Waals surface area contributed by atoms with Crippen molar-refractivity contribution in [3.05, 3.63) is 94.8 Å². The number of ether oxygens (including phenoxy) is 1. The smallest absolute Gasteiger partial charge is 0.118 e. The third-order valence-electron chi connectivity index (χ3n) is 4.07. The van der Waals surface area contributed by atoms with E-state index in [0.717, 1.165) is 36.0 Å². The zero-order valence-corrected chi connectivity index (χ0v) is 15.0. The van der Waals surface area contributed by atoms with Crippen molar-refractivity contribution < 1.29 is 4.74 Å². The van der Waals surface area contributed by atoms with Crippen molar-refractivity contribution in [3.63, 3.8) is 0 Å². The van der Waals surface area contributed by atoms with Crippen molar-refractivity contribution >= 4 is 11.6 Å². The minimum absolute atomic E-state index is 0.786. The van der Waals surface area contributed by atoms with Gasteiger partial charge in [-0.25, -0.2) is 0 Å². The van der Waals surface area contributed by atoms with Crippen molar-refractivity contribution in [2.45, 2.75) is 19.6 Å². The molecule has 0 N–H and O–H groups in total. The first-order valence-corrected chi connectivity index (χ1v) is 8.60. The Bertz CT molecular complexity index is 791. The van der Waals surface area contributed by atoms with E-state index in [0.29, 0.717) is 0 Å². The van der Waals surface area contributed by atoms with Crippen molar-refractivity contribution in [2.24, 2.45) is 0 Å². The van der Waals surface area contributed by atoms with E-state index < -0.39 is 0 Å². The second kappa shape index (κ2) is 8.65. The number of hydrogen-bond donors (Lipinski definition) is 0. The molecule has 3 aromatic rings. The molecule has 4 heteroatoms. The zero-order valence-electron chi connectivity index (χ0n) is 14.2. The predicted molar refractivity (Wildman–Crippen MR) is 102 cm³/mol. The Labute approximate surface area is 153 Å². The van der Waals surface area contributed by atoms with Crippen LogP contribution in [0.5, 0.6) is 5.75 Å². The van der Waals surface area contributed by atoms with E-state index in [1.807, 2.05) is 54.9 Å². The predicted octanol–water partition coefficient (Wildman–Crippen LogP) is 4.95. The lowest BCUT2D eigenvalue weighted by molar-refractivity contribution is 0.247. The van der Waals surface area contributed by atoms with E-state index in [1.165, 1.54) is 11.1 Å². The van der Waals surface area contributed by atoms with Crippen LogP contribution in [0.1, 0.15) is 16.7 Å². The number of halogens is 1. The molecule has 0 unspecified atom stereocenters. The third kappa shape index (κ3) is 5.05. The molecular weight excluding hydrogens is 332 g/mol. The van der Waals surface area contributed by atoms with E-state index in [2.05, 4.69) is 28.1 Å². The van der Waals surface area contributed by atoms with Gasteiger partial charge in [-0.05, 0) is 47.0 Å². The minimum Gasteiger partial charge on any atom is -0.497 e. The Balaban J connectivity index is 1.79. The van der Waals surface area contributed by atoms with E-state index in [-0.39, 0.29) is 0 Å². The summed E-state index contributed by atoms with van der Waals surface area (Å²) in [6.45, 7) is 2.45. The monoisotopic (exact) mass is 352 g/mol. The van der Waals surface area contributed by atoms with Crippen LogP contribution in [0.2, 0.25) is 5.02 Å². The van der Waals surface area contributed by atoms with E-state index >= 15 is 0 Å². The normalized spacial score (nSPS) is 10.8. The van der Waals surface area contributed by atoms with Gasteiger partial charge in [-0.1, -0.05) is 41.9 Å². The molecule has 0 spiro atoms. The average Bonchev–Trinajstić information content (AvgIpc) is 2.65. The van der Waals surface area contributed by atoms with Gasteiger partial charge < -0.3 is 4.74 Å². The molecule has 0 aliphatic rings. The van der Waals surface area contributed by atoms with Crippen LogP contribution in [0.3, 0.4) is 0 Å². The Hall–Kier alpha value is -2.36. The summed E-state index contributed by atoms with van der Waals surface area (Å²) in [4.78, 5) is 6.47. The molecule has 0 fully saturated rings. The highest BCUT2D eigenvalue weighted by atomic mass is 35.5. The summed E-state index contributed by atoms with van der Waals surface area (Å²) in [6, 6.07) is 20.3. The molecule has 25 heavy (non-hydrogen) atoms. The molecule has 0 aliphatic heterocycles. The molecule has 1 heterocycles. The minimum atomic E-state index is 0.786. The number of benzene rings is 2. The fourth-order valence-corrected chi connectivity index (χ4v) is 2.97. The van der Waals surface area contributed by atoms with E-state index in [9.17, 15) is 0 Å². The van der Waals surface area contributed by atoms with Gasteiger partial charge in [-0.2, -0.15) is 0 Å². The highest BCUT2D eigenvalue weighted by Gasteiger charge is 2.10. The lowest BCUT2D eigenvalue weighted by Gasteiger charge is -2.23. The van der Waals surface area contributed by atoms with Gasteiger partial charge in [0.15, 0.2) is 0 Å². The van der Waals surface area contributed by atoms with Crippen molar-refractivity contribution in [1.82, 2.24) is 9.88 Å². The van der Waals surface area contributed by atoms with Crippen LogP contribution in [-0.2, 0) is 19.6 Å². The van der Waals surface area contributed by atoms with Crippen molar-refractivity contribution in [2.75, 3.05) is 7.11 Å². The topological polar surface area (TPSA) is 25.4 Å². The first-order chi connectivity index (χ1) is 12.2. The summed E-state index contributed by atoms with van der Waals surface area (Å²) in [5, 5.41) is 0.803. The molecule has 1 aromatic heterocycles. The van der Waals surface area contributed by atoms with Crippen LogP contribution in [0, 0.1) is 0 Å². The quantitative estimate of drug-likeness (QED) is 0.601. The van der Waals surface area contributed by atoms with Gasteiger partial charge in [0.1, 0.15) is 5.75 Å². The maximum atomic E-state index is 6.36. The van der Waals surface area contributed by atoms with Crippen LogP contribution in [-0.4, -0.2) is 17.0 Å². The zero-order chi connectivity index (χ0) is 17.5. The first kappa shape index (κ1) is 17.5. The lowest BCUT2D eigenvalue weighted by Crippen LogP contribution is -2.22. The molecule has 128 valence electrons. The molecule has 0 bridgehead atoms. The second-order valence-electron chi connectivity index (χ2n) is 5.94. The molecule has 0 aliphatic carbocycles. The van der Waals surface area contributed by atoms with Gasteiger partial charge in [-0.3, -0.25) is 9.88 Å². The lowest BCUT2D eigenvalue weighted by atomic mass is 10.1. The summed E-state index contributed by atoms with van der Waals surface area (Å²) in [7, 11) is 1.68. The van der Waals surface area contributed by atoms with Crippen LogP contribution in [0.25, 0.3) is 0 Å². The van der Waals surface area contributed by atoms with Gasteiger partial charge in [0.2, 0.25) is 0 Å². The number of nitrogens with zero attached hydrogens (tertiary/aromatic N) is 2. The maximum Gasteiger partial charge on any atom is 0.118 e. The SMILES string of the molecule is COc1ccc(CN(Cc2ccncc2)Cc2ccccc2Cl)cc1. The fourth-order valence-electron chi connectivity index (χ4n) is 2.77. The fraction of sp³-hybridized carbons (Fsp3) is 0.190. The Morgan fingerprint density at radius 2 is 1.48 bits per heavy atom. The Morgan fingerprint density at radius 1 is 0.840 bits per heavy atom. The number of hydrogen-bond acceptors (Lipinski definition) is 3. The Morgan fingerprint density at radius 3 is 2.12 bits per heavy atom. The third-order valence-corrected chi connectivity index (χ3v) is 4.44. The number of rotatable bonds is 7. The molecule has 3 rings (SSSR count). The highest BCUT2D eigenvalue weighted by Crippen LogP contribution is 2.21. The van der Waals surface area contributed by atoms with Crippen LogP contribution >= 0.6 is 11.6 Å². The van der Waals surface area contributed by atoms with Crippen LogP contribution in [0.15, 0.2) is 73.1 Å². The Kier molecular flexibility index (Phi) is 6.04. The standard InChI is InChI=1S/C21H21ClN2O/c1-25-20-8-6-17(7-9-20)14-24(15-18-10-12-23-13-11-18)16-19-4-2-3-5-21(19)22/h2-13H,14-16H2,1H3. The summed E-state index contributed by atoms with van der Waals surface area (Å²) < 4.78 is 5.24. The molecule has 0 atom stereocenters. The van der Waals surface area contributed by atoms with Crippen molar-refractivity contribution in [3.8, 4) is 5.75 Å². The summed E-state index contributed by atoms with van der Waals surface area (Å²) in [6.07, 6.45) is 3.66. The number of pyridine rings is 1. The van der Waals surface area contributed by atoms with Gasteiger partial charge in [0.25, 0.3) is 0 Å². The molecule has 0 radical (unpaired) electrons. The first-order valence-electron chi connectivity index (χ1n) is 8.22. The van der Waals surface area contributed by atoms with E-state index in [1.54, 1.807) is 7.11 Å². The highest BCUT2D eigenvalue weighted by molar-refractivity contribution is 6.31. The van der Waals surface area contributed by atoms with Gasteiger partial charge in [-0.15, -0.1) is 0 Å². The summed E-state index contributed by atoms with van der Waals surface area (Å²) >= 11 is 6.36. The van der Waals surface area contributed by atoms with Crippen LogP contribution < -0.4 is 4.74 Å². The van der Waals surface area contributed by atoms with Crippen LogP contribution in [0.4, 0.5) is 0 Å². The van der Waals surface area contributed by atoms with Gasteiger partial charge in [0.05, 0.1) is 7.11 Å². The number of methoxy groups -OCH3 is 1.